The summed E-state index contributed by atoms with van der Waals surface area (Å²) in [6.07, 6.45) is 0.239. The van der Waals surface area contributed by atoms with E-state index in [2.05, 4.69) is 5.32 Å². The van der Waals surface area contributed by atoms with Crippen LogP contribution in [-0.4, -0.2) is 42.4 Å². The number of nitrogens with zero attached hydrogens (tertiary/aromatic N) is 1. The summed E-state index contributed by atoms with van der Waals surface area (Å²) in [4.78, 5) is 40.7. The minimum Gasteiger partial charge on any atom is -0.489 e. The molecule has 5 aromatic rings. The summed E-state index contributed by atoms with van der Waals surface area (Å²) >= 11 is 0. The first kappa shape index (κ1) is 33.5. The standard InChI is InChI=1S/C40H38N2O6/c1-46-40(45)37(25-30-17-21-35(22-18-30)47-28-33-15-9-4-10-16-33)41-39(44)34-19-23-36(24-20-34)48-29-38(43)42(26-31-11-5-2-6-12-31)27-32-13-7-3-8-14-32/h2-24,37H,25-29H2,1H3,(H,41,44). The van der Waals surface area contributed by atoms with E-state index in [0.717, 1.165) is 22.3 Å². The molecule has 0 aliphatic carbocycles. The normalized spacial score (nSPS) is 11.2. The maximum absolute atomic E-state index is 13.3. The number of hydrogen-bond donors (Lipinski definition) is 1. The van der Waals surface area contributed by atoms with Crippen LogP contribution in [0.4, 0.5) is 0 Å². The van der Waals surface area contributed by atoms with E-state index < -0.39 is 17.9 Å². The van der Waals surface area contributed by atoms with Crippen LogP contribution < -0.4 is 14.8 Å². The molecule has 5 aromatic carbocycles. The summed E-state index contributed by atoms with van der Waals surface area (Å²) < 4.78 is 16.6. The fraction of sp³-hybridized carbons (Fsp3) is 0.175. The second-order valence-electron chi connectivity index (χ2n) is 11.2. The lowest BCUT2D eigenvalue weighted by molar-refractivity contribution is -0.142. The lowest BCUT2D eigenvalue weighted by Crippen LogP contribution is -2.43. The average Bonchev–Trinajstić information content (AvgIpc) is 3.14. The zero-order valence-electron chi connectivity index (χ0n) is 26.8. The van der Waals surface area contributed by atoms with E-state index >= 15 is 0 Å². The minimum atomic E-state index is -0.896. The van der Waals surface area contributed by atoms with E-state index in [-0.39, 0.29) is 18.9 Å². The molecule has 0 radical (unpaired) electrons. The Bertz CT molecular complexity index is 1700. The quantitative estimate of drug-likeness (QED) is 0.133. The van der Waals surface area contributed by atoms with Crippen molar-refractivity contribution >= 4 is 17.8 Å². The lowest BCUT2D eigenvalue weighted by atomic mass is 10.0. The van der Waals surface area contributed by atoms with Gasteiger partial charge in [0.25, 0.3) is 11.8 Å². The highest BCUT2D eigenvalue weighted by molar-refractivity contribution is 5.97. The predicted octanol–water partition coefficient (Wildman–Crippen LogP) is 6.39. The van der Waals surface area contributed by atoms with E-state index in [1.807, 2.05) is 115 Å². The maximum Gasteiger partial charge on any atom is 0.328 e. The van der Waals surface area contributed by atoms with Gasteiger partial charge >= 0.3 is 5.97 Å². The molecule has 0 saturated heterocycles. The Morgan fingerprint density at radius 2 is 1.10 bits per heavy atom. The molecule has 5 rings (SSSR count). The van der Waals surface area contributed by atoms with Crippen molar-refractivity contribution < 1.29 is 28.6 Å². The van der Waals surface area contributed by atoms with Gasteiger partial charge in [-0.25, -0.2) is 4.79 Å². The molecule has 8 heteroatoms. The number of benzene rings is 5. The molecule has 0 aromatic heterocycles. The van der Waals surface area contributed by atoms with Gasteiger partial charge < -0.3 is 24.4 Å². The second-order valence-corrected chi connectivity index (χ2v) is 11.2. The van der Waals surface area contributed by atoms with Crippen molar-refractivity contribution in [3.63, 3.8) is 0 Å². The molecule has 1 atom stereocenters. The molecule has 2 amide bonds. The first-order chi connectivity index (χ1) is 23.5. The molecule has 1 unspecified atom stereocenters. The van der Waals surface area contributed by atoms with Crippen LogP contribution in [-0.2, 0) is 40.4 Å². The van der Waals surface area contributed by atoms with Gasteiger partial charge in [0.05, 0.1) is 7.11 Å². The summed E-state index contributed by atoms with van der Waals surface area (Å²) in [5.74, 6) is -0.0144. The Kier molecular flexibility index (Phi) is 12.0. The Labute approximate surface area is 280 Å². The number of hydrogen-bond acceptors (Lipinski definition) is 6. The summed E-state index contributed by atoms with van der Waals surface area (Å²) in [7, 11) is 1.29. The Morgan fingerprint density at radius 1 is 0.604 bits per heavy atom. The molecule has 0 heterocycles. The van der Waals surface area contributed by atoms with Gasteiger partial charge in [-0.05, 0) is 58.7 Å². The second kappa shape index (κ2) is 17.1. The fourth-order valence-corrected chi connectivity index (χ4v) is 5.05. The molecular weight excluding hydrogens is 604 g/mol. The number of amides is 2. The van der Waals surface area contributed by atoms with Crippen molar-refractivity contribution in [3.05, 3.63) is 167 Å². The maximum atomic E-state index is 13.3. The van der Waals surface area contributed by atoms with Gasteiger partial charge in [-0.3, -0.25) is 9.59 Å². The number of nitrogens with one attached hydrogen (secondary N) is 1. The fourth-order valence-electron chi connectivity index (χ4n) is 5.05. The molecule has 0 bridgehead atoms. The zero-order valence-corrected chi connectivity index (χ0v) is 26.8. The van der Waals surface area contributed by atoms with Gasteiger partial charge in [0.1, 0.15) is 24.1 Å². The van der Waals surface area contributed by atoms with Gasteiger partial charge in [0.15, 0.2) is 6.61 Å². The molecule has 0 spiro atoms. The Hall–Kier alpha value is -5.89. The monoisotopic (exact) mass is 642 g/mol. The predicted molar refractivity (Wildman–Crippen MR) is 183 cm³/mol. The van der Waals surface area contributed by atoms with Crippen molar-refractivity contribution in [2.75, 3.05) is 13.7 Å². The highest BCUT2D eigenvalue weighted by atomic mass is 16.5. The topological polar surface area (TPSA) is 94.2 Å². The number of rotatable bonds is 15. The van der Waals surface area contributed by atoms with Crippen molar-refractivity contribution in [3.8, 4) is 11.5 Å². The summed E-state index contributed by atoms with van der Waals surface area (Å²) in [5, 5.41) is 2.78. The molecular formula is C40H38N2O6. The first-order valence-corrected chi connectivity index (χ1v) is 15.7. The van der Waals surface area contributed by atoms with Crippen molar-refractivity contribution in [1.82, 2.24) is 10.2 Å². The summed E-state index contributed by atoms with van der Waals surface area (Å²) in [5.41, 5.74) is 4.27. The smallest absolute Gasteiger partial charge is 0.328 e. The third-order valence-corrected chi connectivity index (χ3v) is 7.67. The summed E-state index contributed by atoms with van der Waals surface area (Å²) in [6.45, 7) is 1.18. The van der Waals surface area contributed by atoms with Gasteiger partial charge in [0.2, 0.25) is 0 Å². The third kappa shape index (κ3) is 10.1. The van der Waals surface area contributed by atoms with Crippen LogP contribution in [0, 0.1) is 0 Å². The Morgan fingerprint density at radius 3 is 1.65 bits per heavy atom. The van der Waals surface area contributed by atoms with E-state index in [1.165, 1.54) is 7.11 Å². The zero-order chi connectivity index (χ0) is 33.6. The van der Waals surface area contributed by atoms with Crippen molar-refractivity contribution in [2.45, 2.75) is 32.2 Å². The number of ether oxygens (including phenoxy) is 3. The van der Waals surface area contributed by atoms with Crippen molar-refractivity contribution in [1.29, 1.82) is 0 Å². The summed E-state index contributed by atoms with van der Waals surface area (Å²) in [6, 6.07) is 42.4. The van der Waals surface area contributed by atoms with Gasteiger partial charge in [-0.15, -0.1) is 0 Å². The van der Waals surface area contributed by atoms with Crippen LogP contribution in [0.1, 0.15) is 32.6 Å². The molecule has 244 valence electrons. The van der Waals surface area contributed by atoms with Crippen LogP contribution in [0.25, 0.3) is 0 Å². The van der Waals surface area contributed by atoms with Gasteiger partial charge in [-0.1, -0.05) is 103 Å². The lowest BCUT2D eigenvalue weighted by Gasteiger charge is -2.23. The number of carbonyl (C=O) groups excluding carboxylic acids is 3. The van der Waals surface area contributed by atoms with Gasteiger partial charge in [-0.2, -0.15) is 0 Å². The number of carbonyl (C=O) groups is 3. The SMILES string of the molecule is COC(=O)C(Cc1ccc(OCc2ccccc2)cc1)NC(=O)c1ccc(OCC(=O)N(Cc2ccccc2)Cc2ccccc2)cc1. The molecule has 48 heavy (non-hydrogen) atoms. The minimum absolute atomic E-state index is 0.161. The van der Waals surface area contributed by atoms with Crippen LogP contribution in [0.2, 0.25) is 0 Å². The van der Waals surface area contributed by atoms with Crippen LogP contribution in [0.5, 0.6) is 11.5 Å². The van der Waals surface area contributed by atoms with E-state index in [4.69, 9.17) is 14.2 Å². The molecule has 1 N–H and O–H groups in total. The molecule has 0 saturated carbocycles. The highest BCUT2D eigenvalue weighted by Gasteiger charge is 2.23. The van der Waals surface area contributed by atoms with Crippen LogP contribution in [0.3, 0.4) is 0 Å². The highest BCUT2D eigenvalue weighted by Crippen LogP contribution is 2.18. The molecule has 0 aliphatic rings. The molecule has 0 aliphatic heterocycles. The number of esters is 1. The number of methoxy groups -OCH3 is 1. The molecule has 0 fully saturated rings. The molecule has 8 nitrogen and oxygen atoms in total. The van der Waals surface area contributed by atoms with E-state index in [0.29, 0.717) is 36.8 Å². The Balaban J connectivity index is 1.15. The van der Waals surface area contributed by atoms with E-state index in [9.17, 15) is 14.4 Å². The average molecular weight is 643 g/mol. The van der Waals surface area contributed by atoms with E-state index in [1.54, 1.807) is 29.2 Å². The van der Waals surface area contributed by atoms with Crippen LogP contribution in [0.15, 0.2) is 140 Å². The first-order valence-electron chi connectivity index (χ1n) is 15.7. The third-order valence-electron chi connectivity index (χ3n) is 7.67. The largest absolute Gasteiger partial charge is 0.489 e. The van der Waals surface area contributed by atoms with Crippen molar-refractivity contribution in [2.24, 2.45) is 0 Å². The van der Waals surface area contributed by atoms with Crippen LogP contribution >= 0.6 is 0 Å². The van der Waals surface area contributed by atoms with Gasteiger partial charge in [0, 0.05) is 25.1 Å².